The van der Waals surface area contributed by atoms with Crippen LogP contribution in [-0.2, 0) is 6.54 Å². The largest absolute Gasteiger partial charge is 0.340 e. The highest BCUT2D eigenvalue weighted by molar-refractivity contribution is 9.09. The molecule has 0 spiro atoms. The summed E-state index contributed by atoms with van der Waals surface area (Å²) in [6.45, 7) is 0.934. The molecule has 0 N–H and O–H groups in total. The summed E-state index contributed by atoms with van der Waals surface area (Å²) in [5.74, 6) is 0. The number of hydrogen-bond acceptors (Lipinski definition) is 2. The Morgan fingerprint density at radius 3 is 1.86 bits per heavy atom. The molecule has 1 aromatic heterocycles. The van der Waals surface area contributed by atoms with E-state index in [9.17, 15) is 0 Å². The average molecular weight is 352 g/mol. The molecule has 0 aliphatic carbocycles. The lowest BCUT2D eigenvalue weighted by Gasteiger charge is -2.06. The van der Waals surface area contributed by atoms with Gasteiger partial charge in [-0.3, -0.25) is 0 Å². The van der Waals surface area contributed by atoms with Crippen molar-refractivity contribution in [1.29, 1.82) is 10.5 Å². The number of aryl methyl sites for hydroxylation is 1. The second kappa shape index (κ2) is 6.22. The maximum absolute atomic E-state index is 9.14. The number of aromatic nitrogens is 1. The van der Waals surface area contributed by atoms with Gasteiger partial charge in [0, 0.05) is 33.7 Å². The van der Waals surface area contributed by atoms with Crippen LogP contribution in [0.3, 0.4) is 0 Å². The highest BCUT2D eigenvalue weighted by Crippen LogP contribution is 2.31. The van der Waals surface area contributed by atoms with Crippen LogP contribution in [0.1, 0.15) is 24.0 Å². The van der Waals surface area contributed by atoms with Crippen LogP contribution in [-0.4, -0.2) is 9.90 Å². The van der Waals surface area contributed by atoms with Gasteiger partial charge >= 0.3 is 0 Å². The lowest BCUT2D eigenvalue weighted by molar-refractivity contribution is 0.670. The van der Waals surface area contributed by atoms with Crippen molar-refractivity contribution in [1.82, 2.24) is 4.57 Å². The number of alkyl halides is 1. The first kappa shape index (κ1) is 14.6. The monoisotopic (exact) mass is 351 g/mol. The zero-order chi connectivity index (χ0) is 15.5. The molecule has 0 saturated heterocycles. The van der Waals surface area contributed by atoms with Crippen LogP contribution in [0.15, 0.2) is 36.4 Å². The second-order valence-corrected chi connectivity index (χ2v) is 6.03. The van der Waals surface area contributed by atoms with E-state index in [1.165, 1.54) is 0 Å². The molecular weight excluding hydrogens is 338 g/mol. The van der Waals surface area contributed by atoms with E-state index in [4.69, 9.17) is 10.5 Å². The van der Waals surface area contributed by atoms with E-state index in [0.29, 0.717) is 11.1 Å². The van der Waals surface area contributed by atoms with E-state index in [2.05, 4.69) is 32.6 Å². The van der Waals surface area contributed by atoms with Crippen LogP contribution in [0.2, 0.25) is 0 Å². The van der Waals surface area contributed by atoms with Crippen molar-refractivity contribution < 1.29 is 0 Å². The number of nitrogens with zero attached hydrogens (tertiary/aromatic N) is 3. The fourth-order valence-corrected chi connectivity index (χ4v) is 3.24. The number of benzene rings is 2. The molecule has 3 nitrogen and oxygen atoms in total. The first-order valence-corrected chi connectivity index (χ1v) is 8.33. The van der Waals surface area contributed by atoms with Crippen LogP contribution in [0.5, 0.6) is 0 Å². The van der Waals surface area contributed by atoms with Gasteiger partial charge < -0.3 is 4.57 Å². The number of nitriles is 2. The predicted octanol–water partition coefficient (Wildman–Crippen LogP) is 4.71. The lowest BCUT2D eigenvalue weighted by Crippen LogP contribution is -1.98. The number of hydrogen-bond donors (Lipinski definition) is 0. The fraction of sp³-hybridized carbons (Fsp3) is 0.222. The van der Waals surface area contributed by atoms with Gasteiger partial charge in [-0.25, -0.2) is 0 Å². The molecule has 0 unspecified atom stereocenters. The van der Waals surface area contributed by atoms with E-state index in [1.54, 1.807) is 0 Å². The van der Waals surface area contributed by atoms with Crippen molar-refractivity contribution in [3.05, 3.63) is 47.5 Å². The van der Waals surface area contributed by atoms with Gasteiger partial charge in [0.2, 0.25) is 0 Å². The van der Waals surface area contributed by atoms with Crippen molar-refractivity contribution in [3.63, 3.8) is 0 Å². The summed E-state index contributed by atoms with van der Waals surface area (Å²) in [7, 11) is 0. The second-order valence-electron chi connectivity index (χ2n) is 5.24. The fourth-order valence-electron chi connectivity index (χ4n) is 2.85. The molecule has 0 amide bonds. The summed E-state index contributed by atoms with van der Waals surface area (Å²) in [6, 6.07) is 15.9. The predicted molar refractivity (Wildman–Crippen MR) is 91.9 cm³/mol. The zero-order valence-corrected chi connectivity index (χ0v) is 13.6. The van der Waals surface area contributed by atoms with Crippen molar-refractivity contribution in [2.24, 2.45) is 0 Å². The standard InChI is InChI=1S/C18H14BrN3/c19-7-1-2-8-22-17-5-3-13(11-20)9-15(17)16-10-14(12-21)4-6-18(16)22/h3-6,9-10H,1-2,7-8H2. The average Bonchev–Trinajstić information content (AvgIpc) is 2.87. The number of fused-ring (bicyclic) bond motifs is 3. The highest BCUT2D eigenvalue weighted by Gasteiger charge is 2.11. The van der Waals surface area contributed by atoms with Crippen molar-refractivity contribution in [2.75, 3.05) is 5.33 Å². The Balaban J connectivity index is 2.27. The van der Waals surface area contributed by atoms with E-state index < -0.39 is 0 Å². The summed E-state index contributed by atoms with van der Waals surface area (Å²) in [5, 5.41) is 21.4. The summed E-state index contributed by atoms with van der Waals surface area (Å²) < 4.78 is 2.29. The Morgan fingerprint density at radius 1 is 0.864 bits per heavy atom. The maximum atomic E-state index is 9.14. The summed E-state index contributed by atoms with van der Waals surface area (Å²) in [5.41, 5.74) is 3.54. The quantitative estimate of drug-likeness (QED) is 0.504. The topological polar surface area (TPSA) is 52.5 Å². The van der Waals surface area contributed by atoms with Crippen LogP contribution in [0, 0.1) is 22.7 Å². The van der Waals surface area contributed by atoms with Gasteiger partial charge in [0.1, 0.15) is 0 Å². The minimum atomic E-state index is 0.648. The molecule has 1 heterocycles. The molecule has 0 fully saturated rings. The van der Waals surface area contributed by atoms with Crippen molar-refractivity contribution in [2.45, 2.75) is 19.4 Å². The van der Waals surface area contributed by atoms with Gasteiger partial charge in [0.05, 0.1) is 23.3 Å². The highest BCUT2D eigenvalue weighted by atomic mass is 79.9. The van der Waals surface area contributed by atoms with E-state index in [1.807, 2.05) is 36.4 Å². The normalized spacial score (nSPS) is 10.7. The molecule has 3 rings (SSSR count). The van der Waals surface area contributed by atoms with Gasteiger partial charge in [0.25, 0.3) is 0 Å². The molecule has 2 aromatic carbocycles. The summed E-state index contributed by atoms with van der Waals surface area (Å²) >= 11 is 3.47. The molecule has 0 bridgehead atoms. The molecule has 22 heavy (non-hydrogen) atoms. The molecule has 108 valence electrons. The third-order valence-electron chi connectivity index (χ3n) is 3.89. The van der Waals surface area contributed by atoms with Gasteiger partial charge in [-0.1, -0.05) is 15.9 Å². The van der Waals surface area contributed by atoms with E-state index in [-0.39, 0.29) is 0 Å². The Labute approximate surface area is 137 Å². The van der Waals surface area contributed by atoms with Crippen molar-refractivity contribution in [3.8, 4) is 12.1 Å². The van der Waals surface area contributed by atoms with Crippen LogP contribution < -0.4 is 0 Å². The molecular formula is C18H14BrN3. The SMILES string of the molecule is N#Cc1ccc2c(c1)c1cc(C#N)ccc1n2CCCCBr. The third kappa shape index (κ3) is 2.47. The first-order valence-electron chi connectivity index (χ1n) is 7.20. The van der Waals surface area contributed by atoms with Gasteiger partial charge in [-0.2, -0.15) is 10.5 Å². The minimum absolute atomic E-state index is 0.648. The van der Waals surface area contributed by atoms with E-state index >= 15 is 0 Å². The molecule has 0 aliphatic rings. The molecule has 0 saturated carbocycles. The molecule has 0 aliphatic heterocycles. The van der Waals surface area contributed by atoms with Crippen LogP contribution >= 0.6 is 15.9 Å². The van der Waals surface area contributed by atoms with Crippen LogP contribution in [0.25, 0.3) is 21.8 Å². The van der Waals surface area contributed by atoms with Crippen LogP contribution in [0.4, 0.5) is 0 Å². The summed E-state index contributed by atoms with van der Waals surface area (Å²) in [6.07, 6.45) is 2.21. The maximum Gasteiger partial charge on any atom is 0.0991 e. The smallest absolute Gasteiger partial charge is 0.0991 e. The van der Waals surface area contributed by atoms with Gasteiger partial charge in [-0.05, 0) is 49.2 Å². The van der Waals surface area contributed by atoms with Crippen molar-refractivity contribution >= 4 is 37.7 Å². The summed E-state index contributed by atoms with van der Waals surface area (Å²) in [4.78, 5) is 0. The molecule has 4 heteroatoms. The van der Waals surface area contributed by atoms with Gasteiger partial charge in [0.15, 0.2) is 0 Å². The Morgan fingerprint density at radius 2 is 1.41 bits per heavy atom. The Kier molecular flexibility index (Phi) is 4.13. The third-order valence-corrected chi connectivity index (χ3v) is 4.45. The molecule has 0 radical (unpaired) electrons. The molecule has 3 aromatic rings. The lowest BCUT2D eigenvalue weighted by atomic mass is 10.1. The Bertz CT molecular complexity index is 854. The zero-order valence-electron chi connectivity index (χ0n) is 12.0. The van der Waals surface area contributed by atoms with Gasteiger partial charge in [-0.15, -0.1) is 0 Å². The number of halogens is 1. The molecule has 0 atom stereocenters. The number of rotatable bonds is 4. The Hall–Kier alpha value is -2.30. The first-order chi connectivity index (χ1) is 10.8. The number of unbranched alkanes of at least 4 members (excludes halogenated alkanes) is 1. The minimum Gasteiger partial charge on any atom is -0.340 e. The van der Waals surface area contributed by atoms with E-state index in [0.717, 1.165) is 46.5 Å².